The summed E-state index contributed by atoms with van der Waals surface area (Å²) in [5.41, 5.74) is -1.26. The van der Waals surface area contributed by atoms with E-state index in [-0.39, 0.29) is 6.04 Å². The van der Waals surface area contributed by atoms with Crippen LogP contribution in [0.4, 0.5) is 4.79 Å². The highest BCUT2D eigenvalue weighted by atomic mass is 32.1. The van der Waals surface area contributed by atoms with Gasteiger partial charge in [0.1, 0.15) is 10.5 Å². The van der Waals surface area contributed by atoms with Gasteiger partial charge in [-0.05, 0) is 27.2 Å². The number of hydrogen-bond donors (Lipinski definition) is 3. The Balaban J connectivity index is 2.63. The molecule has 0 radical (unpaired) electrons. The fraction of sp³-hybridized carbons (Fsp3) is 0.583. The van der Waals surface area contributed by atoms with Crippen molar-refractivity contribution in [2.45, 2.75) is 45.7 Å². The zero-order chi connectivity index (χ0) is 14.6. The second kappa shape index (κ2) is 6.01. The number of urea groups is 1. The molecule has 1 heterocycles. The molecule has 3 N–H and O–H groups in total. The predicted molar refractivity (Wildman–Crippen MR) is 73.3 cm³/mol. The predicted octanol–water partition coefficient (Wildman–Crippen LogP) is 2.07. The van der Waals surface area contributed by atoms with Gasteiger partial charge in [0.2, 0.25) is 0 Å². The monoisotopic (exact) mass is 285 g/mol. The van der Waals surface area contributed by atoms with Crippen molar-refractivity contribution in [2.75, 3.05) is 0 Å². The molecule has 0 saturated heterocycles. The molecule has 0 saturated carbocycles. The van der Waals surface area contributed by atoms with Crippen molar-refractivity contribution >= 4 is 23.3 Å². The minimum absolute atomic E-state index is 0.256. The van der Waals surface area contributed by atoms with E-state index in [1.807, 2.05) is 13.8 Å². The van der Waals surface area contributed by atoms with Gasteiger partial charge in [0.15, 0.2) is 0 Å². The number of carboxylic acid groups (broad SMARTS) is 1. The van der Waals surface area contributed by atoms with Crippen LogP contribution < -0.4 is 10.6 Å². The Morgan fingerprint density at radius 2 is 2.21 bits per heavy atom. The summed E-state index contributed by atoms with van der Waals surface area (Å²) in [6.45, 7) is 6.93. The Labute approximate surface area is 116 Å². The highest BCUT2D eigenvalue weighted by Crippen LogP contribution is 2.19. The number of aryl methyl sites for hydroxylation is 1. The zero-order valence-corrected chi connectivity index (χ0v) is 12.3. The molecular weight excluding hydrogens is 266 g/mol. The van der Waals surface area contributed by atoms with Crippen molar-refractivity contribution in [3.8, 4) is 0 Å². The molecule has 2 amide bonds. The summed E-state index contributed by atoms with van der Waals surface area (Å²) in [4.78, 5) is 28.1. The fourth-order valence-corrected chi connectivity index (χ4v) is 2.19. The summed E-state index contributed by atoms with van der Waals surface area (Å²) < 4.78 is 0. The molecule has 0 bridgehead atoms. The number of hydrogen-bond acceptors (Lipinski definition) is 4. The standard InChI is InChI=1S/C12H19N3O3S/c1-5-12(4,10(16)17)15-11(18)14-8(3)9-13-6-7(2)19-9/h6,8H,5H2,1-4H3,(H,16,17)(H2,14,15,18). The van der Waals surface area contributed by atoms with Crippen LogP contribution in [0, 0.1) is 6.92 Å². The average Bonchev–Trinajstić information content (AvgIpc) is 2.75. The number of aromatic nitrogens is 1. The maximum Gasteiger partial charge on any atom is 0.329 e. The lowest BCUT2D eigenvalue weighted by Gasteiger charge is -2.25. The Hall–Kier alpha value is -1.63. The van der Waals surface area contributed by atoms with Gasteiger partial charge >= 0.3 is 12.0 Å². The highest BCUT2D eigenvalue weighted by Gasteiger charge is 2.33. The van der Waals surface area contributed by atoms with Gasteiger partial charge in [-0.1, -0.05) is 6.92 Å². The number of aliphatic carboxylic acids is 1. The normalized spacial score (nSPS) is 15.4. The van der Waals surface area contributed by atoms with Gasteiger partial charge in [-0.15, -0.1) is 11.3 Å². The average molecular weight is 285 g/mol. The Bertz CT molecular complexity index is 475. The van der Waals surface area contributed by atoms with Crippen LogP contribution in [0.3, 0.4) is 0 Å². The topological polar surface area (TPSA) is 91.3 Å². The van der Waals surface area contributed by atoms with E-state index < -0.39 is 17.5 Å². The molecule has 106 valence electrons. The summed E-state index contributed by atoms with van der Waals surface area (Å²) in [6.07, 6.45) is 2.05. The maximum atomic E-state index is 11.8. The molecule has 0 aliphatic heterocycles. The third kappa shape index (κ3) is 3.92. The number of thiazole rings is 1. The summed E-state index contributed by atoms with van der Waals surface area (Å²) in [5.74, 6) is -1.05. The first kappa shape index (κ1) is 15.4. The van der Waals surface area contributed by atoms with E-state index in [0.717, 1.165) is 9.88 Å². The number of amides is 2. The van der Waals surface area contributed by atoms with Crippen LogP contribution >= 0.6 is 11.3 Å². The van der Waals surface area contributed by atoms with Crippen molar-refractivity contribution in [3.63, 3.8) is 0 Å². The summed E-state index contributed by atoms with van der Waals surface area (Å²) >= 11 is 1.50. The number of rotatable bonds is 5. The van der Waals surface area contributed by atoms with Crippen LogP contribution in [0.15, 0.2) is 6.20 Å². The third-order valence-corrected chi connectivity index (χ3v) is 4.02. The zero-order valence-electron chi connectivity index (χ0n) is 11.5. The van der Waals surface area contributed by atoms with Crippen LogP contribution in [0.5, 0.6) is 0 Å². The van der Waals surface area contributed by atoms with Gasteiger partial charge < -0.3 is 15.7 Å². The Morgan fingerprint density at radius 3 is 2.63 bits per heavy atom. The van der Waals surface area contributed by atoms with Crippen molar-refractivity contribution < 1.29 is 14.7 Å². The van der Waals surface area contributed by atoms with Crippen molar-refractivity contribution in [3.05, 3.63) is 16.1 Å². The van der Waals surface area contributed by atoms with E-state index in [1.54, 1.807) is 13.1 Å². The molecule has 0 aromatic carbocycles. The Morgan fingerprint density at radius 1 is 1.58 bits per heavy atom. The number of nitrogens with one attached hydrogen (secondary N) is 2. The van der Waals surface area contributed by atoms with Gasteiger partial charge in [-0.25, -0.2) is 14.6 Å². The van der Waals surface area contributed by atoms with Crippen LogP contribution in [0.25, 0.3) is 0 Å². The molecule has 19 heavy (non-hydrogen) atoms. The first-order chi connectivity index (χ1) is 8.78. The Kier molecular flexibility index (Phi) is 4.88. The molecule has 2 unspecified atom stereocenters. The van der Waals surface area contributed by atoms with Crippen molar-refractivity contribution in [2.24, 2.45) is 0 Å². The summed E-state index contributed by atoms with van der Waals surface area (Å²) in [5, 5.41) is 15.0. The molecule has 0 aliphatic carbocycles. The molecule has 7 heteroatoms. The minimum atomic E-state index is -1.26. The molecule has 6 nitrogen and oxygen atoms in total. The molecule has 0 fully saturated rings. The largest absolute Gasteiger partial charge is 0.480 e. The fourth-order valence-electron chi connectivity index (χ4n) is 1.41. The summed E-state index contributed by atoms with van der Waals surface area (Å²) in [7, 11) is 0. The molecule has 1 rings (SSSR count). The quantitative estimate of drug-likeness (QED) is 0.772. The first-order valence-electron chi connectivity index (χ1n) is 6.03. The van der Waals surface area contributed by atoms with Crippen LogP contribution in [0.1, 0.15) is 43.1 Å². The third-order valence-electron chi connectivity index (χ3n) is 2.93. The second-order valence-corrected chi connectivity index (χ2v) is 5.89. The smallest absolute Gasteiger partial charge is 0.329 e. The lowest BCUT2D eigenvalue weighted by Crippen LogP contribution is -2.55. The molecule has 0 spiro atoms. The molecular formula is C12H19N3O3S. The maximum absolute atomic E-state index is 11.8. The summed E-state index contributed by atoms with van der Waals surface area (Å²) in [6, 6.07) is -0.763. The number of carbonyl (C=O) groups excluding carboxylic acids is 1. The number of nitrogens with zero attached hydrogens (tertiary/aromatic N) is 1. The minimum Gasteiger partial charge on any atom is -0.480 e. The lowest BCUT2D eigenvalue weighted by atomic mass is 10.00. The van der Waals surface area contributed by atoms with Gasteiger partial charge in [0.05, 0.1) is 6.04 Å². The molecule has 0 aliphatic rings. The van der Waals surface area contributed by atoms with Gasteiger partial charge in [-0.3, -0.25) is 0 Å². The van der Waals surface area contributed by atoms with E-state index in [1.165, 1.54) is 18.3 Å². The highest BCUT2D eigenvalue weighted by molar-refractivity contribution is 7.11. The number of carboxylic acids is 1. The number of carbonyl (C=O) groups is 2. The van der Waals surface area contributed by atoms with Crippen LogP contribution in [-0.4, -0.2) is 27.6 Å². The van der Waals surface area contributed by atoms with E-state index in [9.17, 15) is 9.59 Å². The van der Waals surface area contributed by atoms with Gasteiger partial charge in [0, 0.05) is 11.1 Å². The lowest BCUT2D eigenvalue weighted by molar-refractivity contribution is -0.143. The van der Waals surface area contributed by atoms with Crippen molar-refractivity contribution in [1.29, 1.82) is 0 Å². The van der Waals surface area contributed by atoms with Crippen LogP contribution in [-0.2, 0) is 4.79 Å². The van der Waals surface area contributed by atoms with E-state index in [0.29, 0.717) is 6.42 Å². The molecule has 1 aromatic rings. The van der Waals surface area contributed by atoms with E-state index in [2.05, 4.69) is 15.6 Å². The molecule has 1 aromatic heterocycles. The van der Waals surface area contributed by atoms with E-state index in [4.69, 9.17) is 5.11 Å². The van der Waals surface area contributed by atoms with E-state index >= 15 is 0 Å². The molecule has 2 atom stereocenters. The second-order valence-electron chi connectivity index (χ2n) is 4.62. The van der Waals surface area contributed by atoms with Gasteiger partial charge in [-0.2, -0.15) is 0 Å². The van der Waals surface area contributed by atoms with Crippen LogP contribution in [0.2, 0.25) is 0 Å². The first-order valence-corrected chi connectivity index (χ1v) is 6.84. The van der Waals surface area contributed by atoms with Gasteiger partial charge in [0.25, 0.3) is 0 Å². The van der Waals surface area contributed by atoms with Crippen molar-refractivity contribution in [1.82, 2.24) is 15.6 Å². The SMILES string of the molecule is CCC(C)(NC(=O)NC(C)c1ncc(C)s1)C(=O)O.